The van der Waals surface area contributed by atoms with E-state index in [2.05, 4.69) is 18.8 Å². The van der Waals surface area contributed by atoms with E-state index >= 15 is 0 Å². The zero-order chi connectivity index (χ0) is 34.8. The van der Waals surface area contributed by atoms with E-state index in [4.69, 9.17) is 28.1 Å². The highest BCUT2D eigenvalue weighted by molar-refractivity contribution is 5.90. The molecule has 2 aliphatic heterocycles. The molecule has 50 heavy (non-hydrogen) atoms. The van der Waals surface area contributed by atoms with Crippen LogP contribution in [0.1, 0.15) is 73.9 Å². The summed E-state index contributed by atoms with van der Waals surface area (Å²) in [6.45, 7) is 6.63. The maximum absolute atomic E-state index is 13.9. The molecule has 260 valence electrons. The SMILES string of the molecule is COc1cccc(C(=O)O[C@H]2CC3C4(C)COC(c5ccccc5)O[C@H]4CC[C@]3(C)C3[C@@H](O)c4c(cc(-c5cccnc5)oc4=O)O[C@@]32C)c1. The summed E-state index contributed by atoms with van der Waals surface area (Å²) in [5, 5.41) is 12.4. The van der Waals surface area contributed by atoms with Crippen molar-refractivity contribution in [2.24, 2.45) is 22.7 Å². The minimum absolute atomic E-state index is 0.0624. The third-order valence-corrected chi connectivity index (χ3v) is 12.0. The molecule has 0 spiro atoms. The molecule has 0 radical (unpaired) electrons. The van der Waals surface area contributed by atoms with Crippen LogP contribution in [0.5, 0.6) is 11.5 Å². The first-order chi connectivity index (χ1) is 24.0. The summed E-state index contributed by atoms with van der Waals surface area (Å²) in [6, 6.07) is 21.9. The van der Waals surface area contributed by atoms with E-state index in [1.807, 2.05) is 37.3 Å². The lowest BCUT2D eigenvalue weighted by Crippen LogP contribution is -2.71. The van der Waals surface area contributed by atoms with Gasteiger partial charge >= 0.3 is 11.6 Å². The zero-order valence-electron chi connectivity index (χ0n) is 28.5. The maximum atomic E-state index is 13.9. The number of carbonyl (C=O) groups excluding carboxylic acids is 1. The molecule has 10 heteroatoms. The lowest BCUT2D eigenvalue weighted by molar-refractivity contribution is -0.330. The van der Waals surface area contributed by atoms with Gasteiger partial charge in [-0.3, -0.25) is 4.98 Å². The van der Waals surface area contributed by atoms with Gasteiger partial charge in [-0.1, -0.05) is 50.2 Å². The first kappa shape index (κ1) is 32.7. The molecule has 8 rings (SSSR count). The summed E-state index contributed by atoms with van der Waals surface area (Å²) in [7, 11) is 1.54. The number of methoxy groups -OCH3 is 1. The van der Waals surface area contributed by atoms with Gasteiger partial charge in [0.25, 0.3) is 0 Å². The molecule has 2 aromatic carbocycles. The number of fused-ring (bicyclic) bond motifs is 6. The third-order valence-electron chi connectivity index (χ3n) is 12.0. The highest BCUT2D eigenvalue weighted by Crippen LogP contribution is 2.68. The molecule has 10 nitrogen and oxygen atoms in total. The summed E-state index contributed by atoms with van der Waals surface area (Å²) in [4.78, 5) is 31.8. The molecule has 2 aromatic heterocycles. The van der Waals surface area contributed by atoms with E-state index in [0.29, 0.717) is 42.7 Å². The summed E-state index contributed by atoms with van der Waals surface area (Å²) in [5.41, 5.74) is -1.05. The number of ether oxygens (including phenoxy) is 5. The van der Waals surface area contributed by atoms with Crippen molar-refractivity contribution in [2.75, 3.05) is 13.7 Å². The van der Waals surface area contributed by atoms with Crippen LogP contribution < -0.4 is 15.1 Å². The van der Waals surface area contributed by atoms with Gasteiger partial charge in [-0.2, -0.15) is 0 Å². The van der Waals surface area contributed by atoms with Crippen molar-refractivity contribution >= 4 is 5.97 Å². The van der Waals surface area contributed by atoms with E-state index in [9.17, 15) is 14.7 Å². The molecular weight excluding hydrogens is 638 g/mol. The van der Waals surface area contributed by atoms with Gasteiger partial charge < -0.3 is 33.2 Å². The average Bonchev–Trinajstić information content (AvgIpc) is 3.12. The minimum atomic E-state index is -1.27. The van der Waals surface area contributed by atoms with Crippen LogP contribution in [0, 0.1) is 22.7 Å². The first-order valence-corrected chi connectivity index (χ1v) is 17.2. The number of rotatable bonds is 5. The Morgan fingerprint density at radius 1 is 1.00 bits per heavy atom. The lowest BCUT2D eigenvalue weighted by Gasteiger charge is -2.67. The van der Waals surface area contributed by atoms with Gasteiger partial charge in [-0.25, -0.2) is 9.59 Å². The Balaban J connectivity index is 1.21. The summed E-state index contributed by atoms with van der Waals surface area (Å²) >= 11 is 0. The number of nitrogens with zero attached hydrogens (tertiary/aromatic N) is 1. The summed E-state index contributed by atoms with van der Waals surface area (Å²) in [5.74, 6) is -0.346. The second-order valence-electron chi connectivity index (χ2n) is 14.8. The third kappa shape index (κ3) is 5.07. The fourth-order valence-electron chi connectivity index (χ4n) is 9.59. The van der Waals surface area contributed by atoms with E-state index in [0.717, 1.165) is 5.56 Å². The van der Waals surface area contributed by atoms with Gasteiger partial charge in [0.05, 0.1) is 31.5 Å². The number of aliphatic hydroxyl groups is 1. The quantitative estimate of drug-likeness (QED) is 0.228. The maximum Gasteiger partial charge on any atom is 0.345 e. The zero-order valence-corrected chi connectivity index (χ0v) is 28.5. The van der Waals surface area contributed by atoms with Crippen LogP contribution in [-0.4, -0.2) is 47.6 Å². The van der Waals surface area contributed by atoms with Crippen LogP contribution in [0.4, 0.5) is 0 Å². The van der Waals surface area contributed by atoms with Crippen molar-refractivity contribution in [3.63, 3.8) is 0 Å². The van der Waals surface area contributed by atoms with Gasteiger partial charge in [0, 0.05) is 40.9 Å². The van der Waals surface area contributed by atoms with Crippen molar-refractivity contribution in [1.29, 1.82) is 0 Å². The van der Waals surface area contributed by atoms with E-state index in [-0.39, 0.29) is 29.1 Å². The van der Waals surface area contributed by atoms with E-state index in [1.165, 1.54) is 0 Å². The minimum Gasteiger partial charge on any atom is -0.497 e. The molecule has 4 aromatic rings. The Kier molecular flexibility index (Phi) is 7.89. The number of aliphatic hydroxyl groups excluding tert-OH is 1. The summed E-state index contributed by atoms with van der Waals surface area (Å²) in [6.07, 6.45) is 2.31. The van der Waals surface area contributed by atoms with Gasteiger partial charge in [0.2, 0.25) is 0 Å². The molecular formula is C40H41NO9. The average molecular weight is 680 g/mol. The van der Waals surface area contributed by atoms with Crippen molar-refractivity contribution in [3.05, 3.63) is 112 Å². The number of carbonyl (C=O) groups is 1. The number of aromatic nitrogens is 1. The number of esters is 1. The highest BCUT2D eigenvalue weighted by Gasteiger charge is 2.71. The van der Waals surface area contributed by atoms with Crippen molar-refractivity contribution < 1.29 is 38.0 Å². The second kappa shape index (κ2) is 12.1. The second-order valence-corrected chi connectivity index (χ2v) is 14.8. The Morgan fingerprint density at radius 2 is 1.82 bits per heavy atom. The molecule has 4 heterocycles. The Morgan fingerprint density at radius 3 is 2.58 bits per heavy atom. The fourth-order valence-corrected chi connectivity index (χ4v) is 9.59. The van der Waals surface area contributed by atoms with Crippen molar-refractivity contribution in [3.8, 4) is 22.8 Å². The number of benzene rings is 2. The lowest BCUT2D eigenvalue weighted by atomic mass is 9.42. The number of pyridine rings is 1. The largest absolute Gasteiger partial charge is 0.497 e. The Labute approximate surface area is 290 Å². The number of hydrogen-bond acceptors (Lipinski definition) is 10. The van der Waals surface area contributed by atoms with Crippen LogP contribution in [-0.2, 0) is 14.2 Å². The van der Waals surface area contributed by atoms with Gasteiger partial charge in [-0.15, -0.1) is 0 Å². The monoisotopic (exact) mass is 679 g/mol. The van der Waals surface area contributed by atoms with Gasteiger partial charge in [-0.05, 0) is 67.9 Å². The molecule has 0 bridgehead atoms. The predicted octanol–water partition coefficient (Wildman–Crippen LogP) is 6.68. The summed E-state index contributed by atoms with van der Waals surface area (Å²) < 4.78 is 37.6. The smallest absolute Gasteiger partial charge is 0.345 e. The topological polar surface area (TPSA) is 127 Å². The predicted molar refractivity (Wildman–Crippen MR) is 181 cm³/mol. The van der Waals surface area contributed by atoms with Crippen molar-refractivity contribution in [1.82, 2.24) is 4.98 Å². The molecule has 4 unspecified atom stereocenters. The van der Waals surface area contributed by atoms with Crippen LogP contribution in [0.25, 0.3) is 11.3 Å². The van der Waals surface area contributed by atoms with Crippen molar-refractivity contribution in [2.45, 2.75) is 70.2 Å². The van der Waals surface area contributed by atoms with Gasteiger partial charge in [0.15, 0.2) is 6.29 Å². The van der Waals surface area contributed by atoms with E-state index in [1.54, 1.807) is 62.0 Å². The molecule has 3 fully saturated rings. The van der Waals surface area contributed by atoms with Crippen LogP contribution >= 0.6 is 0 Å². The Hall–Kier alpha value is -4.51. The molecule has 2 aliphatic carbocycles. The molecule has 0 amide bonds. The number of hydrogen-bond donors (Lipinski definition) is 1. The fraction of sp³-hybridized carbons (Fsp3) is 0.425. The Bertz CT molecular complexity index is 1970. The standard InChI is InChI=1S/C40H41NO9/c1-38-16-15-30-39(2,22-46-37(49-30)23-10-6-5-7-11-23)29(38)20-31(48-35(43)24-12-8-14-26(18-24)45-4)40(3)34(38)33(42)32-28(50-40)19-27(47-36(32)44)25-13-9-17-41-21-25/h5-14,17-19,21,29-31,33-34,37,42H,15-16,20,22H2,1-4H3/t29?,30-,31-,33-,34?,37?,38-,39?,40+/m0/s1. The molecule has 9 atom stereocenters. The van der Waals surface area contributed by atoms with Gasteiger partial charge in [0.1, 0.15) is 34.5 Å². The van der Waals surface area contributed by atoms with Crippen LogP contribution in [0.2, 0.25) is 0 Å². The first-order valence-electron chi connectivity index (χ1n) is 17.2. The normalized spacial score (nSPS) is 34.2. The molecule has 1 saturated heterocycles. The van der Waals surface area contributed by atoms with Crippen LogP contribution in [0.3, 0.4) is 0 Å². The van der Waals surface area contributed by atoms with E-state index < -0.39 is 52.4 Å². The molecule has 1 N–H and O–H groups in total. The van der Waals surface area contributed by atoms with Crippen LogP contribution in [0.15, 0.2) is 94.4 Å². The molecule has 4 aliphatic rings. The highest BCUT2D eigenvalue weighted by atomic mass is 16.7. The molecule has 2 saturated carbocycles.